The Bertz CT molecular complexity index is 186. The van der Waals surface area contributed by atoms with Crippen molar-refractivity contribution in [1.29, 1.82) is 5.26 Å². The minimum absolute atomic E-state index is 0.741. The quantitative estimate of drug-likeness (QED) is 0.416. The van der Waals surface area contributed by atoms with Gasteiger partial charge in [-0.15, -0.1) is 0 Å². The summed E-state index contributed by atoms with van der Waals surface area (Å²) in [5.74, 6) is 0. The van der Waals surface area contributed by atoms with Gasteiger partial charge in [-0.3, -0.25) is 0 Å². The summed E-state index contributed by atoms with van der Waals surface area (Å²) >= 11 is 0. The van der Waals surface area contributed by atoms with Crippen molar-refractivity contribution >= 4 is 0 Å². The van der Waals surface area contributed by atoms with E-state index in [1.165, 1.54) is 38.5 Å². The number of hydrogen-bond acceptors (Lipinski definition) is 1. The van der Waals surface area contributed by atoms with Gasteiger partial charge in [-0.1, -0.05) is 30.9 Å². The molecule has 12 heavy (non-hydrogen) atoms. The van der Waals surface area contributed by atoms with Gasteiger partial charge in [0.15, 0.2) is 0 Å². The predicted octanol–water partition coefficient (Wildman–Crippen LogP) is 3.57. The first-order valence-corrected chi connectivity index (χ1v) is 4.98. The summed E-state index contributed by atoms with van der Waals surface area (Å²) in [5, 5.41) is 8.29. The van der Waals surface area contributed by atoms with E-state index in [1.807, 2.05) is 0 Å². The van der Waals surface area contributed by atoms with Gasteiger partial charge in [-0.25, -0.2) is 0 Å². The maximum atomic E-state index is 8.29. The van der Waals surface area contributed by atoms with Crippen LogP contribution >= 0.6 is 0 Å². The molecule has 0 saturated heterocycles. The van der Waals surface area contributed by atoms with E-state index in [2.05, 4.69) is 12.1 Å². The molecule has 0 spiro atoms. The SMILES string of the molecule is N#CCCCCCCCC1=CC1. The van der Waals surface area contributed by atoms with Crippen molar-refractivity contribution in [3.63, 3.8) is 0 Å². The minimum atomic E-state index is 0.741. The second-order valence-corrected chi connectivity index (χ2v) is 3.49. The number of rotatable bonds is 7. The molecule has 1 heteroatoms. The van der Waals surface area contributed by atoms with Gasteiger partial charge in [0, 0.05) is 6.42 Å². The van der Waals surface area contributed by atoms with Crippen molar-refractivity contribution in [1.82, 2.24) is 0 Å². The summed E-state index contributed by atoms with van der Waals surface area (Å²) in [6.07, 6.45) is 12.0. The monoisotopic (exact) mass is 163 g/mol. The van der Waals surface area contributed by atoms with Crippen molar-refractivity contribution in [3.05, 3.63) is 11.6 Å². The van der Waals surface area contributed by atoms with Crippen LogP contribution in [0.5, 0.6) is 0 Å². The summed E-state index contributed by atoms with van der Waals surface area (Å²) < 4.78 is 0. The first kappa shape index (κ1) is 9.32. The molecule has 1 aliphatic rings. The molecule has 1 rings (SSSR count). The molecule has 0 aromatic carbocycles. The van der Waals surface area contributed by atoms with E-state index in [9.17, 15) is 0 Å². The molecule has 0 N–H and O–H groups in total. The normalized spacial score (nSPS) is 13.8. The van der Waals surface area contributed by atoms with Crippen LogP contribution in [0.3, 0.4) is 0 Å². The number of nitrogens with zero attached hydrogens (tertiary/aromatic N) is 1. The molecule has 0 radical (unpaired) electrons. The zero-order valence-electron chi connectivity index (χ0n) is 7.68. The Morgan fingerprint density at radius 2 is 1.83 bits per heavy atom. The second-order valence-electron chi connectivity index (χ2n) is 3.49. The van der Waals surface area contributed by atoms with E-state index in [0.717, 1.165) is 12.8 Å². The number of hydrogen-bond donors (Lipinski definition) is 0. The predicted molar refractivity (Wildman–Crippen MR) is 50.6 cm³/mol. The Hall–Kier alpha value is -0.770. The largest absolute Gasteiger partial charge is 0.198 e. The highest BCUT2D eigenvalue weighted by Gasteiger charge is 2.04. The maximum Gasteiger partial charge on any atom is 0.0621 e. The smallest absolute Gasteiger partial charge is 0.0621 e. The van der Waals surface area contributed by atoms with E-state index in [-0.39, 0.29) is 0 Å². The highest BCUT2D eigenvalue weighted by atomic mass is 14.2. The fourth-order valence-electron chi connectivity index (χ4n) is 1.36. The highest BCUT2D eigenvalue weighted by Crippen LogP contribution is 2.24. The van der Waals surface area contributed by atoms with Gasteiger partial charge in [0.1, 0.15) is 0 Å². The van der Waals surface area contributed by atoms with Crippen LogP contribution < -0.4 is 0 Å². The third-order valence-electron chi connectivity index (χ3n) is 2.28. The molecule has 0 fully saturated rings. The zero-order valence-corrected chi connectivity index (χ0v) is 7.68. The lowest BCUT2D eigenvalue weighted by Crippen LogP contribution is -1.78. The van der Waals surface area contributed by atoms with Gasteiger partial charge in [0.05, 0.1) is 6.07 Å². The van der Waals surface area contributed by atoms with Crippen LogP contribution in [0.1, 0.15) is 51.4 Å². The van der Waals surface area contributed by atoms with Crippen molar-refractivity contribution < 1.29 is 0 Å². The fraction of sp³-hybridized carbons (Fsp3) is 0.727. The zero-order chi connectivity index (χ0) is 8.65. The first-order valence-electron chi connectivity index (χ1n) is 4.98. The Labute approximate surface area is 75.1 Å². The third-order valence-corrected chi connectivity index (χ3v) is 2.28. The molecule has 0 heterocycles. The molecule has 0 unspecified atom stereocenters. The first-order chi connectivity index (χ1) is 5.93. The fourth-order valence-corrected chi connectivity index (χ4v) is 1.36. The topological polar surface area (TPSA) is 23.8 Å². The Morgan fingerprint density at radius 3 is 2.50 bits per heavy atom. The lowest BCUT2D eigenvalue weighted by molar-refractivity contribution is 0.620. The van der Waals surface area contributed by atoms with E-state index in [0.29, 0.717) is 0 Å². The van der Waals surface area contributed by atoms with Crippen molar-refractivity contribution in [3.8, 4) is 6.07 Å². The standard InChI is InChI=1S/C11H17N/c12-10-6-4-2-1-3-5-7-11-8-9-11/h8H,1-7,9H2. The van der Waals surface area contributed by atoms with Gasteiger partial charge in [0.25, 0.3) is 0 Å². The van der Waals surface area contributed by atoms with Crippen molar-refractivity contribution in [2.45, 2.75) is 51.4 Å². The molecule has 0 bridgehead atoms. The van der Waals surface area contributed by atoms with Crippen LogP contribution in [0.15, 0.2) is 11.6 Å². The number of unbranched alkanes of at least 4 members (excludes halogenated alkanes) is 5. The van der Waals surface area contributed by atoms with Gasteiger partial charge in [-0.05, 0) is 25.7 Å². The lowest BCUT2D eigenvalue weighted by atomic mass is 10.1. The molecular weight excluding hydrogens is 146 g/mol. The van der Waals surface area contributed by atoms with Crippen LogP contribution in [0.25, 0.3) is 0 Å². The summed E-state index contributed by atoms with van der Waals surface area (Å²) in [6.45, 7) is 0. The number of nitriles is 1. The van der Waals surface area contributed by atoms with E-state index in [1.54, 1.807) is 5.57 Å². The molecule has 0 aliphatic heterocycles. The molecule has 0 aromatic heterocycles. The molecule has 0 aromatic rings. The van der Waals surface area contributed by atoms with Crippen LogP contribution in [0, 0.1) is 11.3 Å². The van der Waals surface area contributed by atoms with Gasteiger partial charge < -0.3 is 0 Å². The van der Waals surface area contributed by atoms with Gasteiger partial charge in [-0.2, -0.15) is 5.26 Å². The lowest BCUT2D eigenvalue weighted by Gasteiger charge is -1.97. The second kappa shape index (κ2) is 5.83. The molecular formula is C11H17N. The average molecular weight is 163 g/mol. The van der Waals surface area contributed by atoms with Crippen LogP contribution in [0.4, 0.5) is 0 Å². The molecule has 0 saturated carbocycles. The highest BCUT2D eigenvalue weighted by molar-refractivity contribution is 5.21. The third kappa shape index (κ3) is 4.96. The Kier molecular flexibility index (Phi) is 4.52. The van der Waals surface area contributed by atoms with Gasteiger partial charge in [0.2, 0.25) is 0 Å². The summed E-state index contributed by atoms with van der Waals surface area (Å²) in [7, 11) is 0. The summed E-state index contributed by atoms with van der Waals surface area (Å²) in [5.41, 5.74) is 1.66. The van der Waals surface area contributed by atoms with E-state index >= 15 is 0 Å². The van der Waals surface area contributed by atoms with E-state index < -0.39 is 0 Å². The Balaban J connectivity index is 1.71. The average Bonchev–Trinajstić information content (AvgIpc) is 2.87. The minimum Gasteiger partial charge on any atom is -0.198 e. The van der Waals surface area contributed by atoms with Crippen molar-refractivity contribution in [2.24, 2.45) is 0 Å². The summed E-state index contributed by atoms with van der Waals surface area (Å²) in [4.78, 5) is 0. The molecule has 66 valence electrons. The van der Waals surface area contributed by atoms with Gasteiger partial charge >= 0.3 is 0 Å². The van der Waals surface area contributed by atoms with Crippen molar-refractivity contribution in [2.75, 3.05) is 0 Å². The Morgan fingerprint density at radius 1 is 1.17 bits per heavy atom. The molecule has 1 nitrogen and oxygen atoms in total. The van der Waals surface area contributed by atoms with Crippen LogP contribution in [-0.4, -0.2) is 0 Å². The molecule has 0 atom stereocenters. The van der Waals surface area contributed by atoms with Crippen LogP contribution in [0.2, 0.25) is 0 Å². The van der Waals surface area contributed by atoms with Crippen LogP contribution in [-0.2, 0) is 0 Å². The summed E-state index contributed by atoms with van der Waals surface area (Å²) in [6, 6.07) is 2.18. The number of allylic oxidation sites excluding steroid dienone is 2. The molecule has 0 amide bonds. The molecule has 1 aliphatic carbocycles. The maximum absolute atomic E-state index is 8.29. The van der Waals surface area contributed by atoms with E-state index in [4.69, 9.17) is 5.26 Å².